The third-order valence-corrected chi connectivity index (χ3v) is 6.02. The molecule has 2 saturated heterocycles. The van der Waals surface area contributed by atoms with Crippen LogP contribution >= 0.6 is 0 Å². The van der Waals surface area contributed by atoms with E-state index in [1.807, 2.05) is 0 Å². The lowest BCUT2D eigenvalue weighted by Gasteiger charge is -2.33. The van der Waals surface area contributed by atoms with Crippen molar-refractivity contribution >= 4 is 5.91 Å². The van der Waals surface area contributed by atoms with Gasteiger partial charge in [-0.2, -0.15) is 0 Å². The number of piperidine rings is 1. The monoisotopic (exact) mass is 357 g/mol. The van der Waals surface area contributed by atoms with E-state index in [4.69, 9.17) is 4.74 Å². The number of carbonyl (C=O) groups is 1. The molecule has 26 heavy (non-hydrogen) atoms. The highest BCUT2D eigenvalue weighted by Gasteiger charge is 2.24. The van der Waals surface area contributed by atoms with Crippen molar-refractivity contribution in [2.45, 2.75) is 44.6 Å². The van der Waals surface area contributed by atoms with E-state index in [9.17, 15) is 4.79 Å². The molecule has 2 fully saturated rings. The largest absolute Gasteiger partial charge is 0.493 e. The highest BCUT2D eigenvalue weighted by atomic mass is 16.5. The number of hydrogen-bond acceptors (Lipinski definition) is 4. The fraction of sp³-hybridized carbons (Fsp3) is 0.667. The number of benzene rings is 1. The Bertz CT molecular complexity index is 628. The molecule has 3 aliphatic rings. The molecule has 2 unspecified atom stereocenters. The summed E-state index contributed by atoms with van der Waals surface area (Å²) in [5, 5.41) is 6.45. The molecule has 5 heteroatoms. The average molecular weight is 357 g/mol. The first-order valence-electron chi connectivity index (χ1n) is 10.3. The standard InChI is InChI=1S/C21H31N3O2/c25-21(19-4-1-9-22-19)23-14-17-3-2-10-24(15-17)11-7-16-5-6-20-18(13-16)8-12-26-20/h5-6,13,17,19,22H,1-4,7-12,14-15H2,(H,23,25). The first-order chi connectivity index (χ1) is 12.8. The maximum Gasteiger partial charge on any atom is 0.237 e. The van der Waals surface area contributed by atoms with E-state index in [-0.39, 0.29) is 11.9 Å². The van der Waals surface area contributed by atoms with E-state index in [2.05, 4.69) is 33.7 Å². The van der Waals surface area contributed by atoms with Crippen molar-refractivity contribution in [2.24, 2.45) is 5.92 Å². The minimum Gasteiger partial charge on any atom is -0.493 e. The van der Waals surface area contributed by atoms with Crippen LogP contribution in [0.2, 0.25) is 0 Å². The van der Waals surface area contributed by atoms with Gasteiger partial charge in [-0.3, -0.25) is 4.79 Å². The summed E-state index contributed by atoms with van der Waals surface area (Å²) in [7, 11) is 0. The molecular formula is C21H31N3O2. The van der Waals surface area contributed by atoms with Gasteiger partial charge in [0.05, 0.1) is 12.6 Å². The van der Waals surface area contributed by atoms with Crippen molar-refractivity contribution in [3.05, 3.63) is 29.3 Å². The molecule has 0 aromatic heterocycles. The molecule has 2 atom stereocenters. The van der Waals surface area contributed by atoms with E-state index in [0.29, 0.717) is 5.92 Å². The number of amides is 1. The number of rotatable bonds is 6. The maximum absolute atomic E-state index is 12.2. The van der Waals surface area contributed by atoms with Crippen LogP contribution in [0.4, 0.5) is 0 Å². The van der Waals surface area contributed by atoms with E-state index in [0.717, 1.165) is 64.2 Å². The van der Waals surface area contributed by atoms with Crippen LogP contribution in [0.15, 0.2) is 18.2 Å². The van der Waals surface area contributed by atoms with E-state index >= 15 is 0 Å². The van der Waals surface area contributed by atoms with Crippen LogP contribution < -0.4 is 15.4 Å². The Morgan fingerprint density at radius 2 is 2.27 bits per heavy atom. The van der Waals surface area contributed by atoms with E-state index in [1.165, 1.54) is 30.5 Å². The minimum absolute atomic E-state index is 0.0403. The number of fused-ring (bicyclic) bond motifs is 1. The Balaban J connectivity index is 1.21. The van der Waals surface area contributed by atoms with E-state index in [1.54, 1.807) is 0 Å². The average Bonchev–Trinajstić information content (AvgIpc) is 3.36. The van der Waals surface area contributed by atoms with Crippen molar-refractivity contribution in [1.29, 1.82) is 0 Å². The Kier molecular flexibility index (Phi) is 5.75. The molecule has 3 aliphatic heterocycles. The summed E-state index contributed by atoms with van der Waals surface area (Å²) < 4.78 is 5.60. The molecule has 0 bridgehead atoms. The normalized spacial score (nSPS) is 25.7. The van der Waals surface area contributed by atoms with Crippen LogP contribution in [0, 0.1) is 5.92 Å². The van der Waals surface area contributed by atoms with Gasteiger partial charge in [0.15, 0.2) is 0 Å². The van der Waals surface area contributed by atoms with Gasteiger partial charge in [-0.1, -0.05) is 12.1 Å². The number of ether oxygens (including phenoxy) is 1. The third kappa shape index (κ3) is 4.38. The summed E-state index contributed by atoms with van der Waals surface area (Å²) >= 11 is 0. The highest BCUT2D eigenvalue weighted by molar-refractivity contribution is 5.81. The second kappa shape index (κ2) is 8.40. The number of nitrogens with zero attached hydrogens (tertiary/aromatic N) is 1. The number of likely N-dealkylation sites (tertiary alicyclic amines) is 1. The summed E-state index contributed by atoms with van der Waals surface area (Å²) in [6.45, 7) is 6.02. The summed E-state index contributed by atoms with van der Waals surface area (Å²) in [4.78, 5) is 14.7. The van der Waals surface area contributed by atoms with Gasteiger partial charge in [-0.05, 0) is 68.3 Å². The summed E-state index contributed by atoms with van der Waals surface area (Å²) in [6, 6.07) is 6.70. The van der Waals surface area contributed by atoms with E-state index < -0.39 is 0 Å². The number of hydrogen-bond donors (Lipinski definition) is 2. The SMILES string of the molecule is O=C(NCC1CCCN(CCc2ccc3c(c2)CCO3)C1)C1CCCN1. The molecule has 0 aliphatic carbocycles. The molecular weight excluding hydrogens is 326 g/mol. The number of carbonyl (C=O) groups excluding carboxylic acids is 1. The molecule has 0 radical (unpaired) electrons. The molecule has 4 rings (SSSR count). The molecule has 142 valence electrons. The van der Waals surface area contributed by atoms with Gasteiger partial charge >= 0.3 is 0 Å². The van der Waals surface area contributed by atoms with Crippen molar-refractivity contribution in [2.75, 3.05) is 39.3 Å². The zero-order valence-corrected chi connectivity index (χ0v) is 15.6. The zero-order chi connectivity index (χ0) is 17.8. The van der Waals surface area contributed by atoms with Gasteiger partial charge in [0.25, 0.3) is 0 Å². The first-order valence-corrected chi connectivity index (χ1v) is 10.3. The van der Waals surface area contributed by atoms with Crippen molar-refractivity contribution in [3.8, 4) is 5.75 Å². The van der Waals surface area contributed by atoms with Gasteiger partial charge in [0.2, 0.25) is 5.91 Å². The molecule has 2 N–H and O–H groups in total. The molecule has 1 amide bonds. The first kappa shape index (κ1) is 17.8. The maximum atomic E-state index is 12.2. The Hall–Kier alpha value is -1.59. The van der Waals surface area contributed by atoms with Crippen LogP contribution in [0.25, 0.3) is 0 Å². The molecule has 0 saturated carbocycles. The fourth-order valence-electron chi connectivity index (χ4n) is 4.48. The van der Waals surface area contributed by atoms with Crippen LogP contribution in [0.5, 0.6) is 5.75 Å². The topological polar surface area (TPSA) is 53.6 Å². The van der Waals surface area contributed by atoms with Crippen molar-refractivity contribution in [1.82, 2.24) is 15.5 Å². The summed E-state index contributed by atoms with van der Waals surface area (Å²) in [6.07, 6.45) is 6.70. The van der Waals surface area contributed by atoms with Gasteiger partial charge in [-0.25, -0.2) is 0 Å². The van der Waals surface area contributed by atoms with Crippen LogP contribution in [0.3, 0.4) is 0 Å². The molecule has 5 nitrogen and oxygen atoms in total. The lowest BCUT2D eigenvalue weighted by Crippen LogP contribution is -2.45. The third-order valence-electron chi connectivity index (χ3n) is 6.02. The van der Waals surface area contributed by atoms with Crippen molar-refractivity contribution < 1.29 is 9.53 Å². The second-order valence-electron chi connectivity index (χ2n) is 7.99. The van der Waals surface area contributed by atoms with Crippen LogP contribution in [0.1, 0.15) is 36.8 Å². The Morgan fingerprint density at radius 3 is 3.15 bits per heavy atom. The minimum atomic E-state index is 0.0403. The lowest BCUT2D eigenvalue weighted by atomic mass is 9.97. The summed E-state index contributed by atoms with van der Waals surface area (Å²) in [5.41, 5.74) is 2.78. The van der Waals surface area contributed by atoms with Crippen LogP contribution in [-0.4, -0.2) is 56.2 Å². The lowest BCUT2D eigenvalue weighted by molar-refractivity contribution is -0.123. The Labute approximate surface area is 156 Å². The number of nitrogens with one attached hydrogen (secondary N) is 2. The van der Waals surface area contributed by atoms with Gasteiger partial charge in [-0.15, -0.1) is 0 Å². The smallest absolute Gasteiger partial charge is 0.237 e. The summed E-state index contributed by atoms with van der Waals surface area (Å²) in [5.74, 6) is 1.85. The highest BCUT2D eigenvalue weighted by Crippen LogP contribution is 2.26. The Morgan fingerprint density at radius 1 is 1.31 bits per heavy atom. The molecule has 1 aromatic rings. The second-order valence-corrected chi connectivity index (χ2v) is 7.99. The predicted molar refractivity (Wildman–Crippen MR) is 103 cm³/mol. The van der Waals surface area contributed by atoms with Gasteiger partial charge in [0, 0.05) is 26.1 Å². The van der Waals surface area contributed by atoms with Gasteiger partial charge in [0.1, 0.15) is 5.75 Å². The quantitative estimate of drug-likeness (QED) is 0.814. The van der Waals surface area contributed by atoms with Gasteiger partial charge < -0.3 is 20.3 Å². The van der Waals surface area contributed by atoms with Crippen LogP contribution in [-0.2, 0) is 17.6 Å². The molecule has 0 spiro atoms. The molecule has 3 heterocycles. The predicted octanol–water partition coefficient (Wildman–Crippen LogP) is 1.74. The van der Waals surface area contributed by atoms with Crippen molar-refractivity contribution in [3.63, 3.8) is 0 Å². The molecule has 1 aromatic carbocycles. The fourth-order valence-corrected chi connectivity index (χ4v) is 4.48. The zero-order valence-electron chi connectivity index (χ0n) is 15.6.